The van der Waals surface area contributed by atoms with E-state index < -0.39 is 35.3 Å². The lowest BCUT2D eigenvalue weighted by Gasteiger charge is -2.31. The molecule has 3 rings (SSSR count). The molecular weight excluding hydrogens is 413 g/mol. The Morgan fingerprint density at radius 1 is 1.32 bits per heavy atom. The highest BCUT2D eigenvalue weighted by Gasteiger charge is 2.48. The number of alkyl halides is 3. The summed E-state index contributed by atoms with van der Waals surface area (Å²) in [6.45, 7) is 4.66. The SMILES string of the molecule is CCCOC(=O)C1C(C)=NC(C(F)(F)F)=C(C#N)C1c1cccc2c(=O)cc(C)oc12. The average molecular weight is 432 g/mol. The molecule has 0 amide bonds. The number of ether oxygens (including phenoxy) is 1. The average Bonchev–Trinajstić information content (AvgIpc) is 2.70. The summed E-state index contributed by atoms with van der Waals surface area (Å²) in [7, 11) is 0. The number of carbonyl (C=O) groups is 1. The molecule has 0 bridgehead atoms. The summed E-state index contributed by atoms with van der Waals surface area (Å²) < 4.78 is 52.0. The number of benzene rings is 1. The molecular formula is C22H19F3N2O4. The van der Waals surface area contributed by atoms with Crippen LogP contribution in [-0.2, 0) is 9.53 Å². The fourth-order valence-electron chi connectivity index (χ4n) is 3.69. The van der Waals surface area contributed by atoms with Gasteiger partial charge in [0.25, 0.3) is 0 Å². The van der Waals surface area contributed by atoms with Crippen LogP contribution in [0.3, 0.4) is 0 Å². The first-order valence-electron chi connectivity index (χ1n) is 9.56. The molecule has 1 aromatic carbocycles. The molecule has 0 saturated heterocycles. The lowest BCUT2D eigenvalue weighted by Crippen LogP contribution is -2.36. The smallest absolute Gasteiger partial charge is 0.434 e. The molecule has 0 radical (unpaired) electrons. The molecule has 9 heteroatoms. The third-order valence-corrected chi connectivity index (χ3v) is 4.97. The molecule has 1 aromatic heterocycles. The predicted octanol–water partition coefficient (Wildman–Crippen LogP) is 4.57. The maximum absolute atomic E-state index is 13.7. The van der Waals surface area contributed by atoms with Crippen molar-refractivity contribution in [1.29, 1.82) is 5.26 Å². The second-order valence-corrected chi connectivity index (χ2v) is 7.19. The van der Waals surface area contributed by atoms with Crippen LogP contribution in [0.1, 0.15) is 37.5 Å². The molecule has 31 heavy (non-hydrogen) atoms. The van der Waals surface area contributed by atoms with Crippen LogP contribution >= 0.6 is 0 Å². The molecule has 0 fully saturated rings. The summed E-state index contributed by atoms with van der Waals surface area (Å²) in [6.07, 6.45) is -4.40. The van der Waals surface area contributed by atoms with Crippen LogP contribution in [0.4, 0.5) is 13.2 Å². The number of nitriles is 1. The minimum absolute atomic E-state index is 0.0229. The second kappa shape index (κ2) is 8.38. The Bertz CT molecular complexity index is 1200. The molecule has 6 nitrogen and oxygen atoms in total. The van der Waals surface area contributed by atoms with E-state index in [1.165, 1.54) is 38.1 Å². The van der Waals surface area contributed by atoms with Gasteiger partial charge in [0.15, 0.2) is 11.1 Å². The molecule has 0 spiro atoms. The molecule has 162 valence electrons. The third-order valence-electron chi connectivity index (χ3n) is 4.97. The van der Waals surface area contributed by atoms with Gasteiger partial charge in [-0.2, -0.15) is 18.4 Å². The van der Waals surface area contributed by atoms with Crippen LogP contribution in [0, 0.1) is 24.2 Å². The van der Waals surface area contributed by atoms with Gasteiger partial charge in [-0.1, -0.05) is 19.1 Å². The zero-order valence-corrected chi connectivity index (χ0v) is 17.0. The summed E-state index contributed by atoms with van der Waals surface area (Å²) in [6, 6.07) is 7.24. The normalized spacial score (nSPS) is 19.2. The van der Waals surface area contributed by atoms with Crippen LogP contribution in [0.2, 0.25) is 0 Å². The van der Waals surface area contributed by atoms with Gasteiger partial charge in [0.05, 0.1) is 23.6 Å². The van der Waals surface area contributed by atoms with Gasteiger partial charge < -0.3 is 9.15 Å². The first-order chi connectivity index (χ1) is 14.6. The quantitative estimate of drug-likeness (QED) is 0.660. The maximum Gasteiger partial charge on any atom is 0.434 e. The van der Waals surface area contributed by atoms with Crippen molar-refractivity contribution in [3.8, 4) is 6.07 Å². The van der Waals surface area contributed by atoms with E-state index in [0.717, 1.165) is 0 Å². The Balaban J connectivity index is 2.36. The molecule has 2 aromatic rings. The number of halogens is 3. The summed E-state index contributed by atoms with van der Waals surface area (Å²) in [5.41, 5.74) is -2.48. The zero-order chi connectivity index (χ0) is 22.9. The number of aryl methyl sites for hydroxylation is 1. The van der Waals surface area contributed by atoms with E-state index in [4.69, 9.17) is 9.15 Å². The molecule has 0 aliphatic carbocycles. The van der Waals surface area contributed by atoms with Crippen molar-refractivity contribution >= 4 is 22.7 Å². The van der Waals surface area contributed by atoms with Gasteiger partial charge in [-0.05, 0) is 26.3 Å². The van der Waals surface area contributed by atoms with E-state index in [1.54, 1.807) is 13.0 Å². The number of aliphatic imine (C=N–C) groups is 1. The van der Waals surface area contributed by atoms with Crippen LogP contribution in [0.15, 0.2) is 49.7 Å². The van der Waals surface area contributed by atoms with Crippen molar-refractivity contribution in [1.82, 2.24) is 0 Å². The number of allylic oxidation sites excluding steroid dienone is 2. The van der Waals surface area contributed by atoms with Gasteiger partial charge in [0.1, 0.15) is 17.3 Å². The largest absolute Gasteiger partial charge is 0.465 e. The Morgan fingerprint density at radius 3 is 2.65 bits per heavy atom. The lowest BCUT2D eigenvalue weighted by atomic mass is 9.75. The molecule has 1 aliphatic heterocycles. The summed E-state index contributed by atoms with van der Waals surface area (Å²) in [5, 5.41) is 9.81. The molecule has 2 heterocycles. The topological polar surface area (TPSA) is 92.7 Å². The van der Waals surface area contributed by atoms with Crippen molar-refractivity contribution in [2.24, 2.45) is 10.9 Å². The van der Waals surface area contributed by atoms with E-state index in [1.807, 2.05) is 0 Å². The fourth-order valence-corrected chi connectivity index (χ4v) is 3.69. The van der Waals surface area contributed by atoms with Crippen molar-refractivity contribution < 1.29 is 27.1 Å². The standard InChI is InChI=1S/C22H19F3N2O4/c1-4-8-30-21(29)17-12(3)27-20(22(23,24)25)15(10-26)18(17)14-7-5-6-13-16(28)9-11(2)31-19(13)14/h5-7,9,17-18H,4,8H2,1-3H3. The molecule has 1 aliphatic rings. The van der Waals surface area contributed by atoms with Gasteiger partial charge in [-0.25, -0.2) is 0 Å². The number of hydrogen-bond donors (Lipinski definition) is 0. The Hall–Kier alpha value is -3.41. The molecule has 2 atom stereocenters. The minimum atomic E-state index is -4.91. The van der Waals surface area contributed by atoms with Crippen molar-refractivity contribution in [2.45, 2.75) is 39.3 Å². The fraction of sp³-hybridized carbons (Fsp3) is 0.364. The van der Waals surface area contributed by atoms with Gasteiger partial charge in [0, 0.05) is 23.3 Å². The first kappa shape index (κ1) is 22.3. The maximum atomic E-state index is 13.7. The van der Waals surface area contributed by atoms with E-state index in [0.29, 0.717) is 6.42 Å². The molecule has 0 saturated carbocycles. The van der Waals surface area contributed by atoms with Crippen LogP contribution < -0.4 is 5.43 Å². The highest BCUT2D eigenvalue weighted by atomic mass is 19.4. The molecule has 0 N–H and O–H groups in total. The highest BCUT2D eigenvalue weighted by Crippen LogP contribution is 2.45. The zero-order valence-electron chi connectivity index (χ0n) is 17.0. The number of para-hydroxylation sites is 1. The van der Waals surface area contributed by atoms with Gasteiger partial charge in [-0.15, -0.1) is 0 Å². The van der Waals surface area contributed by atoms with Gasteiger partial charge in [0.2, 0.25) is 0 Å². The van der Waals surface area contributed by atoms with E-state index in [9.17, 15) is 28.0 Å². The summed E-state index contributed by atoms with van der Waals surface area (Å²) in [5.74, 6) is -3.20. The number of carbonyl (C=O) groups excluding carboxylic acids is 1. The lowest BCUT2D eigenvalue weighted by molar-refractivity contribution is -0.146. The minimum Gasteiger partial charge on any atom is -0.465 e. The highest BCUT2D eigenvalue weighted by molar-refractivity contribution is 6.04. The number of fused-ring (bicyclic) bond motifs is 1. The van der Waals surface area contributed by atoms with Crippen LogP contribution in [0.5, 0.6) is 0 Å². The van der Waals surface area contributed by atoms with Gasteiger partial charge in [-0.3, -0.25) is 14.6 Å². The Morgan fingerprint density at radius 2 is 2.03 bits per heavy atom. The summed E-state index contributed by atoms with van der Waals surface area (Å²) in [4.78, 5) is 28.8. The Labute approximate surface area is 175 Å². The van der Waals surface area contributed by atoms with Crippen molar-refractivity contribution in [3.05, 3.63) is 57.1 Å². The number of esters is 1. The number of rotatable bonds is 4. The monoisotopic (exact) mass is 432 g/mol. The second-order valence-electron chi connectivity index (χ2n) is 7.19. The van der Waals surface area contributed by atoms with E-state index >= 15 is 0 Å². The van der Waals surface area contributed by atoms with E-state index in [2.05, 4.69) is 4.99 Å². The number of nitrogens with zero attached hydrogens (tertiary/aromatic N) is 2. The van der Waals surface area contributed by atoms with Crippen LogP contribution in [0.25, 0.3) is 11.0 Å². The van der Waals surface area contributed by atoms with Gasteiger partial charge >= 0.3 is 12.1 Å². The third kappa shape index (κ3) is 4.10. The van der Waals surface area contributed by atoms with Crippen molar-refractivity contribution in [3.63, 3.8) is 0 Å². The molecule has 2 unspecified atom stereocenters. The predicted molar refractivity (Wildman–Crippen MR) is 107 cm³/mol. The van der Waals surface area contributed by atoms with Crippen molar-refractivity contribution in [2.75, 3.05) is 6.61 Å². The Kier molecular flexibility index (Phi) is 6.02. The number of hydrogen-bond acceptors (Lipinski definition) is 6. The van der Waals surface area contributed by atoms with E-state index in [-0.39, 0.29) is 40.0 Å². The first-order valence-corrected chi connectivity index (χ1v) is 9.56. The summed E-state index contributed by atoms with van der Waals surface area (Å²) >= 11 is 0. The van der Waals surface area contributed by atoms with Crippen LogP contribution in [-0.4, -0.2) is 24.5 Å².